The van der Waals surface area contributed by atoms with Crippen molar-refractivity contribution in [3.63, 3.8) is 0 Å². The number of unbranched alkanes of at least 4 members (excludes halogenated alkanes) is 4. The highest BCUT2D eigenvalue weighted by molar-refractivity contribution is 5.88. The fourth-order valence-corrected chi connectivity index (χ4v) is 3.39. The third-order valence-electron chi connectivity index (χ3n) is 4.89. The van der Waals surface area contributed by atoms with E-state index >= 15 is 0 Å². The first-order valence-electron chi connectivity index (χ1n) is 8.95. The summed E-state index contributed by atoms with van der Waals surface area (Å²) < 4.78 is 28.0. The van der Waals surface area contributed by atoms with Crippen LogP contribution in [0.15, 0.2) is 18.2 Å². The molecule has 0 aromatic heterocycles. The number of hydrogen-bond donors (Lipinski definition) is 1. The van der Waals surface area contributed by atoms with Crippen molar-refractivity contribution in [3.05, 3.63) is 41.0 Å². The van der Waals surface area contributed by atoms with Crippen molar-refractivity contribution in [2.24, 2.45) is 5.92 Å². The molecule has 0 aliphatic heterocycles. The van der Waals surface area contributed by atoms with E-state index in [4.69, 9.17) is 5.11 Å². The van der Waals surface area contributed by atoms with Crippen molar-refractivity contribution < 1.29 is 18.7 Å². The molecule has 0 bridgehead atoms. The van der Waals surface area contributed by atoms with Gasteiger partial charge in [0.1, 0.15) is 0 Å². The SMILES string of the molecule is CCCCCCCC1CC=C(c2ccc(C(=O)O)c(F)c2F)CC1. The molecule has 1 aliphatic carbocycles. The Kier molecular flexibility index (Phi) is 6.95. The molecule has 0 radical (unpaired) electrons. The average molecular weight is 336 g/mol. The van der Waals surface area contributed by atoms with E-state index in [9.17, 15) is 13.6 Å². The highest BCUT2D eigenvalue weighted by atomic mass is 19.2. The van der Waals surface area contributed by atoms with E-state index in [-0.39, 0.29) is 5.56 Å². The van der Waals surface area contributed by atoms with Crippen LogP contribution in [0.25, 0.3) is 5.57 Å². The number of carboxylic acids is 1. The van der Waals surface area contributed by atoms with Gasteiger partial charge in [-0.2, -0.15) is 0 Å². The number of aromatic carboxylic acids is 1. The largest absolute Gasteiger partial charge is 0.478 e. The van der Waals surface area contributed by atoms with Crippen LogP contribution in [-0.2, 0) is 0 Å². The van der Waals surface area contributed by atoms with Crippen molar-refractivity contribution in [1.29, 1.82) is 0 Å². The molecule has 132 valence electrons. The molecule has 0 amide bonds. The first-order chi connectivity index (χ1) is 11.5. The molecule has 1 unspecified atom stereocenters. The molecule has 1 aromatic carbocycles. The summed E-state index contributed by atoms with van der Waals surface area (Å²) >= 11 is 0. The molecule has 0 fully saturated rings. The zero-order valence-electron chi connectivity index (χ0n) is 14.3. The quantitative estimate of drug-likeness (QED) is 0.573. The summed E-state index contributed by atoms with van der Waals surface area (Å²) in [7, 11) is 0. The summed E-state index contributed by atoms with van der Waals surface area (Å²) in [5, 5.41) is 8.84. The molecule has 1 atom stereocenters. The van der Waals surface area contributed by atoms with Gasteiger partial charge in [0.25, 0.3) is 0 Å². The predicted octanol–water partition coefficient (Wildman–Crippen LogP) is 6.21. The van der Waals surface area contributed by atoms with Crippen molar-refractivity contribution in [3.8, 4) is 0 Å². The number of allylic oxidation sites excluding steroid dienone is 2. The average Bonchev–Trinajstić information content (AvgIpc) is 2.57. The molecular weight excluding hydrogens is 310 g/mol. The molecule has 1 N–H and O–H groups in total. The second kappa shape index (κ2) is 8.95. The minimum atomic E-state index is -1.45. The lowest BCUT2D eigenvalue weighted by molar-refractivity contribution is 0.0690. The lowest BCUT2D eigenvalue weighted by atomic mass is 9.83. The Morgan fingerprint density at radius 1 is 1.17 bits per heavy atom. The van der Waals surface area contributed by atoms with Gasteiger partial charge >= 0.3 is 5.97 Å². The molecule has 0 spiro atoms. The van der Waals surface area contributed by atoms with Crippen molar-refractivity contribution in [2.45, 2.75) is 64.7 Å². The van der Waals surface area contributed by atoms with Crippen molar-refractivity contribution in [1.82, 2.24) is 0 Å². The van der Waals surface area contributed by atoms with Crippen LogP contribution in [0.1, 0.15) is 80.6 Å². The van der Waals surface area contributed by atoms with Crippen LogP contribution in [0.2, 0.25) is 0 Å². The van der Waals surface area contributed by atoms with Gasteiger partial charge in [-0.3, -0.25) is 0 Å². The third-order valence-corrected chi connectivity index (χ3v) is 4.89. The van der Waals surface area contributed by atoms with Crippen LogP contribution in [0.3, 0.4) is 0 Å². The van der Waals surface area contributed by atoms with Gasteiger partial charge in [-0.15, -0.1) is 0 Å². The fraction of sp³-hybridized carbons (Fsp3) is 0.550. The van der Waals surface area contributed by atoms with E-state index in [0.29, 0.717) is 5.92 Å². The molecule has 4 heteroatoms. The van der Waals surface area contributed by atoms with Crippen molar-refractivity contribution >= 4 is 11.5 Å². The van der Waals surface area contributed by atoms with Gasteiger partial charge < -0.3 is 5.11 Å². The fourth-order valence-electron chi connectivity index (χ4n) is 3.39. The maximum absolute atomic E-state index is 14.1. The first-order valence-corrected chi connectivity index (χ1v) is 8.95. The molecule has 24 heavy (non-hydrogen) atoms. The first kappa shape index (κ1) is 18.6. The van der Waals surface area contributed by atoms with E-state index in [0.717, 1.165) is 30.9 Å². The Bertz CT molecular complexity index is 608. The Morgan fingerprint density at radius 2 is 1.92 bits per heavy atom. The maximum atomic E-state index is 14.1. The monoisotopic (exact) mass is 336 g/mol. The van der Waals surface area contributed by atoms with E-state index in [1.165, 1.54) is 44.6 Å². The lowest BCUT2D eigenvalue weighted by Crippen LogP contribution is -2.09. The summed E-state index contributed by atoms with van der Waals surface area (Å²) in [6, 6.07) is 2.54. The number of hydrogen-bond acceptors (Lipinski definition) is 1. The summed E-state index contributed by atoms with van der Waals surface area (Å²) in [5.74, 6) is -3.13. The van der Waals surface area contributed by atoms with Crippen LogP contribution in [0, 0.1) is 17.6 Å². The summed E-state index contributed by atoms with van der Waals surface area (Å²) in [6.07, 6.45) is 12.2. The topological polar surface area (TPSA) is 37.3 Å². The summed E-state index contributed by atoms with van der Waals surface area (Å²) in [6.45, 7) is 2.21. The van der Waals surface area contributed by atoms with E-state index in [1.807, 2.05) is 6.08 Å². The number of carboxylic acid groups (broad SMARTS) is 1. The lowest BCUT2D eigenvalue weighted by Gasteiger charge is -2.22. The van der Waals surface area contributed by atoms with Gasteiger partial charge in [-0.1, -0.05) is 57.6 Å². The van der Waals surface area contributed by atoms with Gasteiger partial charge in [0.05, 0.1) is 5.56 Å². The molecule has 1 aromatic rings. The normalized spacial score (nSPS) is 17.6. The standard InChI is InChI=1S/C20H26F2O2/c1-2-3-4-5-6-7-14-8-10-15(11-9-14)16-12-13-17(20(23)24)19(22)18(16)21/h10,12-14H,2-9,11H2,1H3,(H,23,24). The Labute approximate surface area is 142 Å². The number of benzene rings is 1. The van der Waals surface area contributed by atoms with E-state index < -0.39 is 23.2 Å². The van der Waals surface area contributed by atoms with Crippen LogP contribution >= 0.6 is 0 Å². The van der Waals surface area contributed by atoms with Crippen LogP contribution in [-0.4, -0.2) is 11.1 Å². The van der Waals surface area contributed by atoms with Crippen LogP contribution < -0.4 is 0 Å². The van der Waals surface area contributed by atoms with Gasteiger partial charge in [-0.05, 0) is 36.8 Å². The van der Waals surface area contributed by atoms with Gasteiger partial charge in [-0.25, -0.2) is 13.6 Å². The Balaban J connectivity index is 1.95. The Hall–Kier alpha value is -1.71. The second-order valence-electron chi connectivity index (χ2n) is 6.67. The summed E-state index contributed by atoms with van der Waals surface area (Å²) in [4.78, 5) is 10.8. The van der Waals surface area contributed by atoms with Gasteiger partial charge in [0.15, 0.2) is 11.6 Å². The molecule has 0 heterocycles. The van der Waals surface area contributed by atoms with Crippen LogP contribution in [0.4, 0.5) is 8.78 Å². The summed E-state index contributed by atoms with van der Waals surface area (Å²) in [5.41, 5.74) is 0.391. The molecule has 1 aliphatic rings. The maximum Gasteiger partial charge on any atom is 0.338 e. The van der Waals surface area contributed by atoms with E-state index in [1.54, 1.807) is 0 Å². The highest BCUT2D eigenvalue weighted by Gasteiger charge is 2.22. The van der Waals surface area contributed by atoms with Crippen LogP contribution in [0.5, 0.6) is 0 Å². The predicted molar refractivity (Wildman–Crippen MR) is 92.0 cm³/mol. The Morgan fingerprint density at radius 3 is 2.54 bits per heavy atom. The molecule has 2 nitrogen and oxygen atoms in total. The van der Waals surface area contributed by atoms with Gasteiger partial charge in [0, 0.05) is 5.56 Å². The molecule has 0 saturated heterocycles. The molecule has 0 saturated carbocycles. The zero-order chi connectivity index (χ0) is 17.5. The zero-order valence-corrected chi connectivity index (χ0v) is 14.3. The van der Waals surface area contributed by atoms with Gasteiger partial charge in [0.2, 0.25) is 0 Å². The molecule has 2 rings (SSSR count). The third kappa shape index (κ3) is 4.65. The molecular formula is C20H26F2O2. The smallest absolute Gasteiger partial charge is 0.338 e. The van der Waals surface area contributed by atoms with E-state index in [2.05, 4.69) is 6.92 Å². The minimum absolute atomic E-state index is 0.207. The number of halogens is 2. The number of rotatable bonds is 8. The second-order valence-corrected chi connectivity index (χ2v) is 6.67. The minimum Gasteiger partial charge on any atom is -0.478 e. The number of carbonyl (C=O) groups is 1. The van der Waals surface area contributed by atoms with Crippen molar-refractivity contribution in [2.75, 3.05) is 0 Å². The highest BCUT2D eigenvalue weighted by Crippen LogP contribution is 2.34.